The molecule has 0 spiro atoms. The van der Waals surface area contributed by atoms with Crippen LogP contribution in [0, 0.1) is 11.8 Å². The van der Waals surface area contributed by atoms with Gasteiger partial charge in [-0.2, -0.15) is 0 Å². The Bertz CT molecular complexity index is 1070. The van der Waals surface area contributed by atoms with E-state index in [0.29, 0.717) is 43.8 Å². The number of carbonyl (C=O) groups is 3. The maximum Gasteiger partial charge on any atom is 0.329 e. The van der Waals surface area contributed by atoms with Crippen LogP contribution in [0.4, 0.5) is 0 Å². The smallest absolute Gasteiger partial charge is 0.329 e. The fourth-order valence-corrected chi connectivity index (χ4v) is 4.51. The fourth-order valence-electron chi connectivity index (χ4n) is 4.51. The third-order valence-electron chi connectivity index (χ3n) is 6.41. The van der Waals surface area contributed by atoms with Gasteiger partial charge in [-0.25, -0.2) is 9.78 Å². The molecule has 9 heteroatoms. The Morgan fingerprint density at radius 2 is 2.00 bits per heavy atom. The third kappa shape index (κ3) is 8.01. The van der Waals surface area contributed by atoms with Crippen LogP contribution in [-0.2, 0) is 20.7 Å². The van der Waals surface area contributed by atoms with E-state index in [9.17, 15) is 19.5 Å². The van der Waals surface area contributed by atoms with E-state index in [2.05, 4.69) is 16.9 Å². The predicted molar refractivity (Wildman–Crippen MR) is 138 cm³/mol. The molecular formula is C28H37N3O6. The molecule has 0 saturated carbocycles. The number of ether oxygens (including phenoxy) is 1. The van der Waals surface area contributed by atoms with Gasteiger partial charge in [0.15, 0.2) is 11.6 Å². The Balaban J connectivity index is 1.83. The lowest BCUT2D eigenvalue weighted by atomic mass is 9.94. The van der Waals surface area contributed by atoms with Crippen molar-refractivity contribution in [1.29, 1.82) is 0 Å². The highest BCUT2D eigenvalue weighted by Crippen LogP contribution is 2.25. The van der Waals surface area contributed by atoms with Gasteiger partial charge < -0.3 is 24.5 Å². The second-order valence-corrected chi connectivity index (χ2v) is 9.90. The number of aromatic nitrogens is 1. The van der Waals surface area contributed by atoms with E-state index in [1.807, 2.05) is 20.8 Å². The van der Waals surface area contributed by atoms with Crippen LogP contribution in [0.3, 0.4) is 0 Å². The van der Waals surface area contributed by atoms with Crippen molar-refractivity contribution in [2.75, 3.05) is 13.1 Å². The van der Waals surface area contributed by atoms with Crippen LogP contribution in [0.1, 0.15) is 56.4 Å². The maximum absolute atomic E-state index is 13.2. The van der Waals surface area contributed by atoms with Crippen molar-refractivity contribution in [2.24, 2.45) is 11.8 Å². The lowest BCUT2D eigenvalue weighted by Crippen LogP contribution is -2.44. The van der Waals surface area contributed by atoms with Crippen LogP contribution < -0.4 is 5.32 Å². The summed E-state index contributed by atoms with van der Waals surface area (Å²) in [6, 6.07) is -0.710. The highest BCUT2D eigenvalue weighted by atomic mass is 16.5. The minimum atomic E-state index is -0.751. The zero-order chi connectivity index (χ0) is 26.9. The van der Waals surface area contributed by atoms with Gasteiger partial charge in [0.2, 0.25) is 5.91 Å². The largest absolute Gasteiger partial charge is 0.460 e. The zero-order valence-electron chi connectivity index (χ0n) is 21.8. The summed E-state index contributed by atoms with van der Waals surface area (Å²) in [4.78, 5) is 44.4. The number of allylic oxidation sites excluding steroid dienone is 2. The molecule has 2 aliphatic rings. The summed E-state index contributed by atoms with van der Waals surface area (Å²) in [5.74, 6) is -1.01. The van der Waals surface area contributed by atoms with Crippen LogP contribution in [-0.4, -0.2) is 64.1 Å². The first kappa shape index (κ1) is 28.1. The Morgan fingerprint density at radius 3 is 2.76 bits per heavy atom. The van der Waals surface area contributed by atoms with Crippen molar-refractivity contribution < 1.29 is 28.6 Å². The van der Waals surface area contributed by atoms with Gasteiger partial charge in [-0.1, -0.05) is 63.3 Å². The summed E-state index contributed by atoms with van der Waals surface area (Å²) in [7, 11) is 0. The Labute approximate surface area is 218 Å². The lowest BCUT2D eigenvalue weighted by molar-refractivity contribution is -0.158. The molecule has 0 radical (unpaired) electrons. The number of rotatable bonds is 1. The first-order chi connectivity index (χ1) is 17.7. The molecular weight excluding hydrogens is 474 g/mol. The van der Waals surface area contributed by atoms with Crippen molar-refractivity contribution in [1.82, 2.24) is 15.2 Å². The van der Waals surface area contributed by atoms with E-state index in [1.165, 1.54) is 17.2 Å². The number of carbonyl (C=O) groups excluding carboxylic acids is 3. The molecule has 0 aliphatic carbocycles. The standard InChI is InChI=1S/C28H37N3O6/c1-18(2)26-20(4)11-12-24(33)29-13-7-5-6-9-21(32)15-19(3)16-25-30-22(17-36-25)27(34)31-14-8-10-23(31)28(35)37-26/h5-7,9,11-12,17-18,20-21,23,26,32H,3,8,10,13-16H2,1-2,4H3,(H,29,33)/b7-5+,9-6+,12-11+. The Morgan fingerprint density at radius 1 is 1.22 bits per heavy atom. The van der Waals surface area contributed by atoms with Gasteiger partial charge in [-0.15, -0.1) is 0 Å². The highest BCUT2D eigenvalue weighted by molar-refractivity contribution is 5.95. The summed E-state index contributed by atoms with van der Waals surface area (Å²) >= 11 is 0. The molecule has 1 aromatic rings. The molecule has 3 heterocycles. The molecule has 2 amide bonds. The molecule has 4 atom stereocenters. The average molecular weight is 512 g/mol. The van der Waals surface area contributed by atoms with Crippen molar-refractivity contribution in [3.63, 3.8) is 0 Å². The summed E-state index contributed by atoms with van der Waals surface area (Å²) < 4.78 is 11.4. The monoisotopic (exact) mass is 511 g/mol. The Kier molecular flexibility index (Phi) is 10.0. The summed E-state index contributed by atoms with van der Waals surface area (Å²) in [6.07, 6.45) is 11.8. The van der Waals surface area contributed by atoms with Crippen LogP contribution >= 0.6 is 0 Å². The summed E-state index contributed by atoms with van der Waals surface area (Å²) in [6.45, 7) is 10.5. The van der Waals surface area contributed by atoms with E-state index in [0.717, 1.165) is 0 Å². The van der Waals surface area contributed by atoms with Crippen molar-refractivity contribution in [3.05, 3.63) is 66.5 Å². The molecule has 3 rings (SSSR count). The number of cyclic esters (lactones) is 1. The predicted octanol–water partition coefficient (Wildman–Crippen LogP) is 3.13. The van der Waals surface area contributed by atoms with Crippen LogP contribution in [0.15, 0.2) is 59.3 Å². The number of fused-ring (bicyclic) bond motifs is 3. The number of amides is 2. The third-order valence-corrected chi connectivity index (χ3v) is 6.41. The molecule has 4 unspecified atom stereocenters. The lowest BCUT2D eigenvalue weighted by Gasteiger charge is -2.29. The van der Waals surface area contributed by atoms with Crippen LogP contribution in [0.25, 0.3) is 0 Å². The maximum atomic E-state index is 13.2. The molecule has 200 valence electrons. The summed E-state index contributed by atoms with van der Waals surface area (Å²) in [5.41, 5.74) is 0.810. The van der Waals surface area contributed by atoms with E-state index < -0.39 is 24.2 Å². The number of hydrogen-bond donors (Lipinski definition) is 2. The van der Waals surface area contributed by atoms with Gasteiger partial charge >= 0.3 is 5.97 Å². The van der Waals surface area contributed by atoms with E-state index in [4.69, 9.17) is 9.15 Å². The van der Waals surface area contributed by atoms with Crippen LogP contribution in [0.2, 0.25) is 0 Å². The number of nitrogens with one attached hydrogen (secondary N) is 1. The molecule has 1 saturated heterocycles. The molecule has 1 aromatic heterocycles. The minimum Gasteiger partial charge on any atom is -0.460 e. The van der Waals surface area contributed by atoms with Crippen molar-refractivity contribution in [2.45, 2.75) is 64.7 Å². The van der Waals surface area contributed by atoms with Gasteiger partial charge in [0.1, 0.15) is 18.4 Å². The molecule has 2 N–H and O–H groups in total. The van der Waals surface area contributed by atoms with E-state index >= 15 is 0 Å². The molecule has 1 fully saturated rings. The van der Waals surface area contributed by atoms with Gasteiger partial charge in [0, 0.05) is 25.4 Å². The van der Waals surface area contributed by atoms with Gasteiger partial charge in [0.05, 0.1) is 6.10 Å². The average Bonchev–Trinajstić information content (AvgIpc) is 3.52. The first-order valence-electron chi connectivity index (χ1n) is 12.8. The quantitative estimate of drug-likeness (QED) is 0.439. The number of hydrogen-bond acceptors (Lipinski definition) is 7. The SMILES string of the molecule is C=C1Cc2nc(co2)C(=O)N2CCCC2C(=O)OC(C(C)C)C(C)/C=C/C(=O)NC/C=C/C=C/C(O)C1. The van der Waals surface area contributed by atoms with Crippen LogP contribution in [0.5, 0.6) is 0 Å². The second kappa shape index (κ2) is 13.2. The zero-order valence-corrected chi connectivity index (χ0v) is 21.8. The number of oxazole rings is 1. The van der Waals surface area contributed by atoms with E-state index in [1.54, 1.807) is 30.4 Å². The number of esters is 1. The fraction of sp³-hybridized carbons (Fsp3) is 0.500. The molecule has 2 aliphatic heterocycles. The number of nitrogens with zero attached hydrogens (tertiary/aromatic N) is 2. The molecule has 0 aromatic carbocycles. The number of aliphatic hydroxyl groups is 1. The van der Waals surface area contributed by atoms with E-state index in [-0.39, 0.29) is 35.8 Å². The normalized spacial score (nSPS) is 29.4. The van der Waals surface area contributed by atoms with Gasteiger partial charge in [0.25, 0.3) is 5.91 Å². The van der Waals surface area contributed by atoms with Crippen molar-refractivity contribution >= 4 is 17.8 Å². The number of aliphatic hydroxyl groups excluding tert-OH is 1. The van der Waals surface area contributed by atoms with Crippen molar-refractivity contribution in [3.8, 4) is 0 Å². The topological polar surface area (TPSA) is 122 Å². The minimum absolute atomic E-state index is 0.00274. The molecule has 37 heavy (non-hydrogen) atoms. The summed E-state index contributed by atoms with van der Waals surface area (Å²) in [5, 5.41) is 13.0. The highest BCUT2D eigenvalue weighted by Gasteiger charge is 2.38. The molecule has 2 bridgehead atoms. The second-order valence-electron chi connectivity index (χ2n) is 9.90. The van der Waals surface area contributed by atoms with Gasteiger partial charge in [-0.05, 0) is 31.3 Å². The Hall–Kier alpha value is -3.46. The first-order valence-corrected chi connectivity index (χ1v) is 12.8. The molecule has 9 nitrogen and oxygen atoms in total. The van der Waals surface area contributed by atoms with Gasteiger partial charge in [-0.3, -0.25) is 9.59 Å².